The van der Waals surface area contributed by atoms with Gasteiger partial charge in [-0.25, -0.2) is 0 Å². The molecule has 5 nitrogen and oxygen atoms in total. The van der Waals surface area contributed by atoms with Gasteiger partial charge in [0.2, 0.25) is 0 Å². The number of allylic oxidation sites excluding steroid dienone is 1. The van der Waals surface area contributed by atoms with E-state index in [0.717, 1.165) is 32.1 Å². The fourth-order valence-electron chi connectivity index (χ4n) is 4.33. The maximum absolute atomic E-state index is 13.0. The second kappa shape index (κ2) is 14.4. The molecular weight excluding hydrogens is 432 g/mol. The maximum atomic E-state index is 13.0. The molecule has 33 heavy (non-hydrogen) atoms. The quantitative estimate of drug-likeness (QED) is 0.123. The van der Waals surface area contributed by atoms with Crippen molar-refractivity contribution < 1.29 is 23.9 Å². The lowest BCUT2D eigenvalue weighted by molar-refractivity contribution is -0.140. The summed E-state index contributed by atoms with van der Waals surface area (Å²) < 4.78 is 11.4. The van der Waals surface area contributed by atoms with Crippen LogP contribution >= 0.6 is 0 Å². The first-order valence-electron chi connectivity index (χ1n) is 13.1. The van der Waals surface area contributed by atoms with Gasteiger partial charge < -0.3 is 14.3 Å². The molecule has 1 fully saturated rings. The molecule has 0 radical (unpaired) electrons. The number of unbranched alkanes of at least 4 members (excludes halogenated alkanes) is 6. The number of Topliss-reactive ketones (excluding diaryl/α,β-unsaturated/α-hetero) is 1. The van der Waals surface area contributed by atoms with E-state index in [1.165, 1.54) is 26.4 Å². The van der Waals surface area contributed by atoms with Crippen molar-refractivity contribution in [2.24, 2.45) is 11.8 Å². The Hall–Kier alpha value is -0.983. The van der Waals surface area contributed by atoms with Gasteiger partial charge in [-0.05, 0) is 43.8 Å². The Labute approximate surface area is 203 Å². The van der Waals surface area contributed by atoms with Gasteiger partial charge in [0, 0.05) is 18.8 Å². The van der Waals surface area contributed by atoms with Crippen molar-refractivity contribution in [3.8, 4) is 0 Å². The van der Waals surface area contributed by atoms with E-state index >= 15 is 0 Å². The lowest BCUT2D eigenvalue weighted by atomic mass is 9.86. The summed E-state index contributed by atoms with van der Waals surface area (Å²) in [7, 11) is -0.633. The highest BCUT2D eigenvalue weighted by Crippen LogP contribution is 2.43. The summed E-state index contributed by atoms with van der Waals surface area (Å²) in [6, 6.07) is 0. The second-order valence-electron chi connectivity index (χ2n) is 11.2. The van der Waals surface area contributed by atoms with Crippen LogP contribution in [-0.4, -0.2) is 44.5 Å². The zero-order chi connectivity index (χ0) is 25.1. The molecule has 0 bridgehead atoms. The van der Waals surface area contributed by atoms with E-state index in [-0.39, 0.29) is 28.8 Å². The molecule has 1 saturated carbocycles. The molecule has 4 atom stereocenters. The van der Waals surface area contributed by atoms with Crippen LogP contribution in [0.5, 0.6) is 0 Å². The van der Waals surface area contributed by atoms with Gasteiger partial charge in [-0.15, -0.1) is 0 Å². The monoisotopic (exact) mass is 482 g/mol. The van der Waals surface area contributed by atoms with E-state index in [2.05, 4.69) is 57.7 Å². The van der Waals surface area contributed by atoms with Crippen LogP contribution in [0.4, 0.5) is 0 Å². The molecule has 1 aliphatic rings. The first-order valence-corrected chi connectivity index (χ1v) is 16.0. The number of aliphatic hydroxyl groups excluding tert-OH is 1. The predicted molar refractivity (Wildman–Crippen MR) is 138 cm³/mol. The average Bonchev–Trinajstić information content (AvgIpc) is 3.03. The number of ketones is 1. The fourth-order valence-corrected chi connectivity index (χ4v) is 5.68. The third kappa shape index (κ3) is 10.0. The van der Waals surface area contributed by atoms with Crippen LogP contribution in [0.2, 0.25) is 18.1 Å². The van der Waals surface area contributed by atoms with Crippen molar-refractivity contribution in [3.63, 3.8) is 0 Å². The van der Waals surface area contributed by atoms with Crippen LogP contribution in [0, 0.1) is 11.8 Å². The number of carbonyl (C=O) groups is 2. The number of esters is 1. The number of rotatable bonds is 15. The van der Waals surface area contributed by atoms with Crippen LogP contribution in [-0.2, 0) is 18.8 Å². The second-order valence-corrected chi connectivity index (χ2v) is 16.0. The summed E-state index contributed by atoms with van der Waals surface area (Å²) in [4.78, 5) is 24.3. The lowest BCUT2D eigenvalue weighted by Gasteiger charge is -2.40. The molecule has 0 aromatic carbocycles. The third-order valence-electron chi connectivity index (χ3n) is 7.48. The van der Waals surface area contributed by atoms with Gasteiger partial charge in [0.15, 0.2) is 8.32 Å². The third-order valence-corrected chi connectivity index (χ3v) is 12.0. The van der Waals surface area contributed by atoms with E-state index < -0.39 is 20.3 Å². The Balaban J connectivity index is 2.83. The van der Waals surface area contributed by atoms with Crippen molar-refractivity contribution in [1.82, 2.24) is 0 Å². The van der Waals surface area contributed by atoms with Crippen molar-refractivity contribution >= 4 is 20.1 Å². The van der Waals surface area contributed by atoms with E-state index in [4.69, 9.17) is 4.43 Å². The molecule has 0 heterocycles. The van der Waals surface area contributed by atoms with Crippen molar-refractivity contribution in [2.75, 3.05) is 7.11 Å². The minimum absolute atomic E-state index is 0.0668. The Morgan fingerprint density at radius 1 is 1.15 bits per heavy atom. The van der Waals surface area contributed by atoms with Crippen LogP contribution in [0.25, 0.3) is 0 Å². The van der Waals surface area contributed by atoms with Crippen molar-refractivity contribution in [1.29, 1.82) is 0 Å². The topological polar surface area (TPSA) is 72.8 Å². The molecule has 6 heteroatoms. The molecule has 192 valence electrons. The summed E-state index contributed by atoms with van der Waals surface area (Å²) in [5.41, 5.74) is 0. The summed E-state index contributed by atoms with van der Waals surface area (Å²) in [5, 5.41) is 11.1. The molecule has 0 saturated heterocycles. The number of carbonyl (C=O) groups excluding carboxylic acids is 2. The zero-order valence-corrected chi connectivity index (χ0v) is 23.3. The minimum atomic E-state index is -2.03. The summed E-state index contributed by atoms with van der Waals surface area (Å²) >= 11 is 0. The first kappa shape index (κ1) is 30.0. The predicted octanol–water partition coefficient (Wildman–Crippen LogP) is 6.59. The zero-order valence-electron chi connectivity index (χ0n) is 22.3. The van der Waals surface area contributed by atoms with E-state index in [1.54, 1.807) is 0 Å². The fraction of sp³-hybridized carbons (Fsp3) is 0.852. The molecule has 0 amide bonds. The first-order chi connectivity index (χ1) is 15.4. The molecule has 2 unspecified atom stereocenters. The molecule has 0 spiro atoms. The largest absolute Gasteiger partial charge is 0.469 e. The van der Waals surface area contributed by atoms with Gasteiger partial charge in [0.05, 0.1) is 25.2 Å². The highest BCUT2D eigenvalue weighted by Gasteiger charge is 2.49. The van der Waals surface area contributed by atoms with Gasteiger partial charge in [-0.2, -0.15) is 0 Å². The molecule has 0 aromatic rings. The number of hydrogen-bond acceptors (Lipinski definition) is 5. The van der Waals surface area contributed by atoms with E-state index in [9.17, 15) is 14.7 Å². The Kier molecular flexibility index (Phi) is 13.1. The molecule has 1 aliphatic carbocycles. The smallest absolute Gasteiger partial charge is 0.305 e. The van der Waals surface area contributed by atoms with E-state index in [0.29, 0.717) is 19.3 Å². The Bertz CT molecular complexity index is 622. The minimum Gasteiger partial charge on any atom is -0.469 e. The highest BCUT2D eigenvalue weighted by molar-refractivity contribution is 6.74. The number of ether oxygens (including phenoxy) is 1. The van der Waals surface area contributed by atoms with Gasteiger partial charge in [-0.1, -0.05) is 72.0 Å². The Morgan fingerprint density at radius 3 is 2.42 bits per heavy atom. The van der Waals surface area contributed by atoms with Gasteiger partial charge in [0.1, 0.15) is 5.78 Å². The van der Waals surface area contributed by atoms with Gasteiger partial charge >= 0.3 is 5.97 Å². The van der Waals surface area contributed by atoms with E-state index in [1.807, 2.05) is 0 Å². The molecule has 0 aromatic heterocycles. The van der Waals surface area contributed by atoms with Crippen LogP contribution in [0.15, 0.2) is 12.2 Å². The molecular formula is C27H50O5Si. The summed E-state index contributed by atoms with van der Waals surface area (Å²) in [5.74, 6) is -0.534. The molecule has 1 N–H and O–H groups in total. The van der Waals surface area contributed by atoms with Crippen LogP contribution < -0.4 is 0 Å². The summed E-state index contributed by atoms with van der Waals surface area (Å²) in [6.45, 7) is 13.3. The summed E-state index contributed by atoms with van der Waals surface area (Å²) in [6.07, 6.45) is 13.2. The number of methoxy groups -OCH3 is 1. The standard InChI is InChI=1S/C27H50O5Si/c1-8-9-10-11-12-14-17-21-24(32-33(6,7)27(2,3)4)20-23(29)26(21)22(28)18-15-13-16-19-25(30)31-5/h14,17,21-22,24,26,28H,8-13,15-16,18-20H2,1-7H3/b17-14+/t21-,22?,24+,26?/m0/s1. The SMILES string of the molecule is CCCCCC/C=C/[C@@H]1C(C(O)CCCCCC(=O)OC)C(=O)C[C@H]1O[Si](C)(C)C(C)(C)C. The van der Waals surface area contributed by atoms with Crippen molar-refractivity contribution in [2.45, 2.75) is 129 Å². The van der Waals surface area contributed by atoms with Gasteiger partial charge in [0.25, 0.3) is 0 Å². The Morgan fingerprint density at radius 2 is 1.82 bits per heavy atom. The average molecular weight is 483 g/mol. The van der Waals surface area contributed by atoms with Crippen LogP contribution in [0.3, 0.4) is 0 Å². The normalized spacial score (nSPS) is 22.8. The number of hydrogen-bond donors (Lipinski definition) is 1. The maximum Gasteiger partial charge on any atom is 0.305 e. The van der Waals surface area contributed by atoms with Crippen LogP contribution in [0.1, 0.15) is 98.3 Å². The van der Waals surface area contributed by atoms with Crippen molar-refractivity contribution in [3.05, 3.63) is 12.2 Å². The highest BCUT2D eigenvalue weighted by atomic mass is 28.4. The lowest BCUT2D eigenvalue weighted by Crippen LogP contribution is -2.45. The number of aliphatic hydroxyl groups is 1. The van der Waals surface area contributed by atoms with Gasteiger partial charge in [-0.3, -0.25) is 9.59 Å². The molecule has 0 aliphatic heterocycles. The molecule has 1 rings (SSSR count).